The number of esters is 1. The van der Waals surface area contributed by atoms with Gasteiger partial charge in [0, 0.05) is 11.3 Å². The van der Waals surface area contributed by atoms with Crippen LogP contribution in [0.1, 0.15) is 38.5 Å². The number of aliphatic hydroxyl groups excluding tert-OH is 2. The molecule has 4 aliphatic carbocycles. The lowest BCUT2D eigenvalue weighted by molar-refractivity contribution is -0.212. The van der Waals surface area contributed by atoms with Gasteiger partial charge in [-0.2, -0.15) is 0 Å². The topological polar surface area (TPSA) is 76.0 Å². The molecule has 4 saturated carbocycles. The Morgan fingerprint density at radius 3 is 2.77 bits per heavy atom. The van der Waals surface area contributed by atoms with Crippen LogP contribution in [0.25, 0.3) is 0 Å². The van der Waals surface area contributed by atoms with Gasteiger partial charge in [-0.1, -0.05) is 6.58 Å². The Morgan fingerprint density at radius 2 is 2.09 bits per heavy atom. The molecule has 1 unspecified atom stereocenters. The molecular formula is C17H24O5. The van der Waals surface area contributed by atoms with Crippen LogP contribution < -0.4 is 0 Å². The van der Waals surface area contributed by atoms with Gasteiger partial charge in [-0.3, -0.25) is 0 Å². The van der Waals surface area contributed by atoms with Crippen molar-refractivity contribution in [2.75, 3.05) is 7.11 Å². The maximum Gasteiger partial charge on any atom is 0.338 e. The zero-order chi connectivity index (χ0) is 15.7. The number of fused-ring (bicyclic) bond motifs is 3. The normalized spacial score (nSPS) is 53.0. The molecule has 0 aromatic carbocycles. The summed E-state index contributed by atoms with van der Waals surface area (Å²) in [5.41, 5.74) is -0.588. The summed E-state index contributed by atoms with van der Waals surface area (Å²) >= 11 is 0. The molecule has 2 N–H and O–H groups in total. The molecular weight excluding hydrogens is 284 g/mol. The van der Waals surface area contributed by atoms with Crippen molar-refractivity contribution in [1.29, 1.82) is 0 Å². The van der Waals surface area contributed by atoms with E-state index in [0.29, 0.717) is 19.3 Å². The average Bonchev–Trinajstić information content (AvgIpc) is 2.82. The number of carbonyl (C=O) groups excluding carboxylic acids is 1. The van der Waals surface area contributed by atoms with Crippen LogP contribution in [0.5, 0.6) is 0 Å². The summed E-state index contributed by atoms with van der Waals surface area (Å²) in [4.78, 5) is 12.7. The van der Waals surface area contributed by atoms with Gasteiger partial charge >= 0.3 is 5.97 Å². The van der Waals surface area contributed by atoms with Crippen LogP contribution in [0.4, 0.5) is 0 Å². The van der Waals surface area contributed by atoms with E-state index in [1.54, 1.807) is 0 Å². The Bertz CT molecular complexity index is 531. The molecule has 0 radical (unpaired) electrons. The van der Waals surface area contributed by atoms with E-state index >= 15 is 0 Å². The number of hydrogen-bond donors (Lipinski definition) is 2. The zero-order valence-corrected chi connectivity index (χ0v) is 13.0. The first-order valence-corrected chi connectivity index (χ1v) is 8.25. The van der Waals surface area contributed by atoms with E-state index < -0.39 is 23.2 Å². The van der Waals surface area contributed by atoms with Crippen LogP contribution in [0, 0.1) is 17.3 Å². The maximum atomic E-state index is 12.7. The second kappa shape index (κ2) is 4.56. The van der Waals surface area contributed by atoms with E-state index in [1.165, 1.54) is 7.11 Å². The highest BCUT2D eigenvalue weighted by atomic mass is 16.6. The van der Waals surface area contributed by atoms with E-state index in [4.69, 9.17) is 9.47 Å². The molecule has 1 aliphatic heterocycles. The molecule has 1 spiro atoms. The van der Waals surface area contributed by atoms with Gasteiger partial charge in [0.2, 0.25) is 0 Å². The molecule has 2 bridgehead atoms. The van der Waals surface area contributed by atoms with Crippen molar-refractivity contribution in [2.45, 2.75) is 62.4 Å². The van der Waals surface area contributed by atoms with Crippen LogP contribution in [-0.2, 0) is 14.3 Å². The summed E-state index contributed by atoms with van der Waals surface area (Å²) in [6.45, 7) is 4.11. The third kappa shape index (κ3) is 1.52. The first-order valence-electron chi connectivity index (χ1n) is 8.25. The fourth-order valence-electron chi connectivity index (χ4n) is 5.83. The van der Waals surface area contributed by atoms with Gasteiger partial charge in [0.1, 0.15) is 0 Å². The second-order valence-electron chi connectivity index (χ2n) is 7.58. The van der Waals surface area contributed by atoms with E-state index in [2.05, 4.69) is 6.58 Å². The van der Waals surface area contributed by atoms with Crippen LogP contribution in [0.15, 0.2) is 12.2 Å². The standard InChI is InChI=1S/C17H24O5/c1-9-3-4-11(18)13-14(9)22-17(15(20)21-2)7-10-5-6-16(13,17)8-12(10)19/h10-14,18-19H,1,3-8H2,2H3/t10-,11-,12?,13+,14-,16-,17+/m1/s1. The summed E-state index contributed by atoms with van der Waals surface area (Å²) < 4.78 is 11.4. The first kappa shape index (κ1) is 14.7. The molecule has 5 aliphatic rings. The lowest BCUT2D eigenvalue weighted by Gasteiger charge is -2.57. The second-order valence-corrected chi connectivity index (χ2v) is 7.58. The summed E-state index contributed by atoms with van der Waals surface area (Å²) in [5.74, 6) is -0.436. The highest BCUT2D eigenvalue weighted by Crippen LogP contribution is 2.68. The smallest absolute Gasteiger partial charge is 0.338 e. The summed E-state index contributed by atoms with van der Waals surface area (Å²) in [7, 11) is 1.39. The molecule has 5 nitrogen and oxygen atoms in total. The van der Waals surface area contributed by atoms with Gasteiger partial charge in [-0.15, -0.1) is 0 Å². The number of carbonyl (C=O) groups is 1. The molecule has 5 fully saturated rings. The fourth-order valence-corrected chi connectivity index (χ4v) is 5.83. The SMILES string of the molecule is C=C1CC[C@@H](O)[C@H]2[C@@H]1O[C@]1(C(=O)OC)C[C@H]3CC[C@@]21CC3O. The Morgan fingerprint density at radius 1 is 1.32 bits per heavy atom. The van der Waals surface area contributed by atoms with Gasteiger partial charge in [0.05, 0.1) is 25.4 Å². The highest BCUT2D eigenvalue weighted by molar-refractivity contribution is 5.82. The lowest BCUT2D eigenvalue weighted by Crippen LogP contribution is -2.65. The predicted molar refractivity (Wildman–Crippen MR) is 77.9 cm³/mol. The van der Waals surface area contributed by atoms with Gasteiger partial charge in [-0.05, 0) is 50.0 Å². The average molecular weight is 308 g/mol. The monoisotopic (exact) mass is 308 g/mol. The van der Waals surface area contributed by atoms with Crippen LogP contribution in [0.3, 0.4) is 0 Å². The molecule has 1 saturated heterocycles. The van der Waals surface area contributed by atoms with Crippen LogP contribution in [0.2, 0.25) is 0 Å². The number of rotatable bonds is 1. The quantitative estimate of drug-likeness (QED) is 0.562. The van der Waals surface area contributed by atoms with E-state index in [9.17, 15) is 15.0 Å². The van der Waals surface area contributed by atoms with Gasteiger partial charge in [0.25, 0.3) is 0 Å². The first-order chi connectivity index (χ1) is 10.4. The molecule has 7 atom stereocenters. The minimum absolute atomic E-state index is 0.0755. The summed E-state index contributed by atoms with van der Waals surface area (Å²) in [5, 5.41) is 21.1. The molecule has 122 valence electrons. The van der Waals surface area contributed by atoms with E-state index in [0.717, 1.165) is 24.8 Å². The number of hydrogen-bond acceptors (Lipinski definition) is 5. The molecule has 0 aromatic heterocycles. The van der Waals surface area contributed by atoms with Gasteiger partial charge in [-0.25, -0.2) is 4.79 Å². The fraction of sp³-hybridized carbons (Fsp3) is 0.824. The van der Waals surface area contributed by atoms with Crippen molar-refractivity contribution in [2.24, 2.45) is 17.3 Å². The van der Waals surface area contributed by atoms with Crippen molar-refractivity contribution < 1.29 is 24.5 Å². The minimum atomic E-state index is -1.02. The Labute approximate surface area is 130 Å². The maximum absolute atomic E-state index is 12.7. The number of aliphatic hydroxyl groups is 2. The third-order valence-electron chi connectivity index (χ3n) is 6.82. The molecule has 1 heterocycles. The molecule has 22 heavy (non-hydrogen) atoms. The molecule has 0 amide bonds. The predicted octanol–water partition coefficient (Wildman–Crippen LogP) is 1.18. The van der Waals surface area contributed by atoms with Gasteiger partial charge < -0.3 is 19.7 Å². The summed E-state index contributed by atoms with van der Waals surface area (Å²) in [6.07, 6.45) is 2.84. The third-order valence-corrected chi connectivity index (χ3v) is 6.82. The molecule has 5 heteroatoms. The highest BCUT2D eigenvalue weighted by Gasteiger charge is 2.75. The van der Waals surface area contributed by atoms with Crippen molar-refractivity contribution in [1.82, 2.24) is 0 Å². The Balaban J connectivity index is 1.87. The Hall–Kier alpha value is -0.910. The van der Waals surface area contributed by atoms with Crippen LogP contribution in [-0.4, -0.2) is 47.2 Å². The number of ether oxygens (including phenoxy) is 2. The van der Waals surface area contributed by atoms with Gasteiger partial charge in [0.15, 0.2) is 5.60 Å². The molecule has 0 aromatic rings. The lowest BCUT2D eigenvalue weighted by atomic mass is 9.46. The molecule has 5 rings (SSSR count). The zero-order valence-electron chi connectivity index (χ0n) is 13.0. The Kier molecular flexibility index (Phi) is 3.04. The van der Waals surface area contributed by atoms with E-state index in [-0.39, 0.29) is 23.9 Å². The number of methoxy groups -OCH3 is 1. The van der Waals surface area contributed by atoms with Crippen molar-refractivity contribution in [3.05, 3.63) is 12.2 Å². The van der Waals surface area contributed by atoms with Crippen molar-refractivity contribution in [3.63, 3.8) is 0 Å². The van der Waals surface area contributed by atoms with E-state index in [1.807, 2.05) is 0 Å². The van der Waals surface area contributed by atoms with Crippen LogP contribution >= 0.6 is 0 Å². The minimum Gasteiger partial charge on any atom is -0.467 e. The van der Waals surface area contributed by atoms with Crippen molar-refractivity contribution in [3.8, 4) is 0 Å². The largest absolute Gasteiger partial charge is 0.467 e. The summed E-state index contributed by atoms with van der Waals surface area (Å²) in [6, 6.07) is 0. The van der Waals surface area contributed by atoms with Crippen molar-refractivity contribution >= 4 is 5.97 Å².